The first kappa shape index (κ1) is 26.9. The number of halogens is 1. The summed E-state index contributed by atoms with van der Waals surface area (Å²) >= 11 is 3.34. The van der Waals surface area contributed by atoms with E-state index in [4.69, 9.17) is 0 Å². The SMILES string of the molecule is CC[C@H](C(=O)NC(C)(C)C)N(Cc1ccccc1)C(=O)CN(c1ccc(Br)cc1)S(C)(=O)=O. The molecule has 0 saturated carbocycles. The third-order valence-corrected chi connectivity index (χ3v) is 6.54. The molecular formula is C24H32BrN3O4S. The Morgan fingerprint density at radius 3 is 2.09 bits per heavy atom. The number of amides is 2. The molecule has 0 aliphatic rings. The van der Waals surface area contributed by atoms with Crippen LogP contribution in [0.2, 0.25) is 0 Å². The fourth-order valence-electron chi connectivity index (χ4n) is 3.37. The van der Waals surface area contributed by atoms with Crippen molar-refractivity contribution in [2.75, 3.05) is 17.1 Å². The molecule has 0 radical (unpaired) electrons. The summed E-state index contributed by atoms with van der Waals surface area (Å²) in [7, 11) is -3.74. The van der Waals surface area contributed by atoms with Crippen molar-refractivity contribution in [2.45, 2.75) is 52.2 Å². The minimum absolute atomic E-state index is 0.188. The van der Waals surface area contributed by atoms with Gasteiger partial charge in [-0.1, -0.05) is 53.2 Å². The summed E-state index contributed by atoms with van der Waals surface area (Å²) < 4.78 is 27.0. The number of benzene rings is 2. The van der Waals surface area contributed by atoms with Crippen LogP contribution < -0.4 is 9.62 Å². The third kappa shape index (κ3) is 8.16. The standard InChI is InChI=1S/C24H32BrN3O4S/c1-6-21(23(30)26-24(2,3)4)27(16-18-10-8-7-9-11-18)22(29)17-28(33(5,31)32)20-14-12-19(25)13-15-20/h7-15,21H,6,16-17H2,1-5H3,(H,26,30)/t21-/m1/s1. The van der Waals surface area contributed by atoms with Gasteiger partial charge in [0.15, 0.2) is 0 Å². The fraction of sp³-hybridized carbons (Fsp3) is 0.417. The zero-order valence-corrected chi connectivity index (χ0v) is 22.1. The van der Waals surface area contributed by atoms with Crippen molar-refractivity contribution in [3.63, 3.8) is 0 Å². The molecule has 0 saturated heterocycles. The number of rotatable bonds is 9. The molecule has 2 aromatic carbocycles. The Labute approximate surface area is 205 Å². The second kappa shape index (κ2) is 11.2. The summed E-state index contributed by atoms with van der Waals surface area (Å²) in [6.07, 6.45) is 1.45. The van der Waals surface area contributed by atoms with Crippen molar-refractivity contribution in [3.8, 4) is 0 Å². The Bertz CT molecular complexity index is 1050. The average Bonchev–Trinajstić information content (AvgIpc) is 2.71. The minimum atomic E-state index is -3.74. The Morgan fingerprint density at radius 2 is 1.61 bits per heavy atom. The van der Waals surface area contributed by atoms with Gasteiger partial charge in [-0.25, -0.2) is 8.42 Å². The van der Waals surface area contributed by atoms with Gasteiger partial charge in [-0.15, -0.1) is 0 Å². The van der Waals surface area contributed by atoms with Crippen molar-refractivity contribution in [1.29, 1.82) is 0 Å². The molecule has 1 atom stereocenters. The van der Waals surface area contributed by atoms with Crippen molar-refractivity contribution < 1.29 is 18.0 Å². The second-order valence-electron chi connectivity index (χ2n) is 8.92. The van der Waals surface area contributed by atoms with Crippen molar-refractivity contribution in [2.24, 2.45) is 0 Å². The molecule has 0 fully saturated rings. The molecule has 0 aliphatic carbocycles. The molecule has 7 nitrogen and oxygen atoms in total. The lowest BCUT2D eigenvalue weighted by Gasteiger charge is -2.34. The van der Waals surface area contributed by atoms with E-state index in [2.05, 4.69) is 21.2 Å². The predicted octanol–water partition coefficient (Wildman–Crippen LogP) is 3.94. The van der Waals surface area contributed by atoms with Crippen LogP contribution in [0.4, 0.5) is 5.69 Å². The highest BCUT2D eigenvalue weighted by Gasteiger charge is 2.33. The van der Waals surface area contributed by atoms with Gasteiger partial charge in [0.25, 0.3) is 0 Å². The van der Waals surface area contributed by atoms with E-state index in [0.717, 1.165) is 20.6 Å². The van der Waals surface area contributed by atoms with E-state index in [0.29, 0.717) is 12.1 Å². The van der Waals surface area contributed by atoms with Gasteiger partial charge in [0.1, 0.15) is 12.6 Å². The number of nitrogens with zero attached hydrogens (tertiary/aromatic N) is 2. The molecule has 33 heavy (non-hydrogen) atoms. The highest BCUT2D eigenvalue weighted by Crippen LogP contribution is 2.22. The average molecular weight is 539 g/mol. The largest absolute Gasteiger partial charge is 0.350 e. The highest BCUT2D eigenvalue weighted by molar-refractivity contribution is 9.10. The van der Waals surface area contributed by atoms with E-state index in [1.54, 1.807) is 24.3 Å². The van der Waals surface area contributed by atoms with Crippen LogP contribution in [0.1, 0.15) is 39.7 Å². The molecule has 1 N–H and O–H groups in total. The van der Waals surface area contributed by atoms with Gasteiger partial charge >= 0.3 is 0 Å². The zero-order valence-electron chi connectivity index (χ0n) is 19.7. The smallest absolute Gasteiger partial charge is 0.244 e. The first-order valence-corrected chi connectivity index (χ1v) is 13.3. The molecule has 0 aliphatic heterocycles. The molecule has 0 aromatic heterocycles. The van der Waals surface area contributed by atoms with Gasteiger partial charge < -0.3 is 10.2 Å². The molecule has 9 heteroatoms. The molecule has 0 spiro atoms. The van der Waals surface area contributed by atoms with Crippen LogP contribution in [-0.4, -0.2) is 49.5 Å². The summed E-state index contributed by atoms with van der Waals surface area (Å²) in [6.45, 7) is 7.24. The monoisotopic (exact) mass is 537 g/mol. The topological polar surface area (TPSA) is 86.8 Å². The van der Waals surface area contributed by atoms with E-state index in [1.807, 2.05) is 58.0 Å². The maximum Gasteiger partial charge on any atom is 0.244 e. The van der Waals surface area contributed by atoms with E-state index < -0.39 is 34.1 Å². The number of carbonyl (C=O) groups is 2. The third-order valence-electron chi connectivity index (χ3n) is 4.87. The lowest BCUT2D eigenvalue weighted by Crippen LogP contribution is -2.55. The summed E-state index contributed by atoms with van der Waals surface area (Å²) in [6, 6.07) is 15.3. The van der Waals surface area contributed by atoms with Crippen LogP contribution in [0.5, 0.6) is 0 Å². The molecule has 0 unspecified atom stereocenters. The fourth-order valence-corrected chi connectivity index (χ4v) is 4.49. The van der Waals surface area contributed by atoms with E-state index in [-0.39, 0.29) is 12.5 Å². The normalized spacial score (nSPS) is 12.7. The Morgan fingerprint density at radius 1 is 1.03 bits per heavy atom. The molecular weight excluding hydrogens is 506 g/mol. The van der Waals surface area contributed by atoms with Crippen LogP contribution in [0.15, 0.2) is 59.1 Å². The van der Waals surface area contributed by atoms with Crippen LogP contribution >= 0.6 is 15.9 Å². The number of hydrogen-bond donors (Lipinski definition) is 1. The number of sulfonamides is 1. The van der Waals surface area contributed by atoms with Crippen molar-refractivity contribution in [1.82, 2.24) is 10.2 Å². The van der Waals surface area contributed by atoms with Crippen molar-refractivity contribution in [3.05, 3.63) is 64.6 Å². The zero-order chi connectivity index (χ0) is 24.8. The van der Waals surface area contributed by atoms with E-state index in [1.165, 1.54) is 4.90 Å². The lowest BCUT2D eigenvalue weighted by molar-refractivity contribution is -0.141. The van der Waals surface area contributed by atoms with Gasteiger partial charge in [0.05, 0.1) is 11.9 Å². The van der Waals surface area contributed by atoms with Crippen molar-refractivity contribution >= 4 is 43.5 Å². The van der Waals surface area contributed by atoms with Crippen LogP contribution in [0.25, 0.3) is 0 Å². The number of carbonyl (C=O) groups excluding carboxylic acids is 2. The molecule has 180 valence electrons. The molecule has 0 heterocycles. The summed E-state index contributed by atoms with van der Waals surface area (Å²) in [4.78, 5) is 28.1. The first-order valence-electron chi connectivity index (χ1n) is 10.7. The predicted molar refractivity (Wildman–Crippen MR) is 135 cm³/mol. The lowest BCUT2D eigenvalue weighted by atomic mass is 10.1. The van der Waals surface area contributed by atoms with Crippen LogP contribution in [0, 0.1) is 0 Å². The van der Waals surface area contributed by atoms with Gasteiger partial charge in [-0.05, 0) is 57.0 Å². The number of anilines is 1. The Kier molecular flexibility index (Phi) is 9.08. The molecule has 2 rings (SSSR count). The summed E-state index contributed by atoms with van der Waals surface area (Å²) in [5.41, 5.74) is 0.755. The van der Waals surface area contributed by atoms with E-state index in [9.17, 15) is 18.0 Å². The van der Waals surface area contributed by atoms with Crippen LogP contribution in [0.3, 0.4) is 0 Å². The van der Waals surface area contributed by atoms with Crippen LogP contribution in [-0.2, 0) is 26.2 Å². The molecule has 2 aromatic rings. The highest BCUT2D eigenvalue weighted by atomic mass is 79.9. The van der Waals surface area contributed by atoms with E-state index >= 15 is 0 Å². The van der Waals surface area contributed by atoms with Gasteiger partial charge in [0, 0.05) is 16.6 Å². The van der Waals surface area contributed by atoms with Gasteiger partial charge in [-0.3, -0.25) is 13.9 Å². The first-order chi connectivity index (χ1) is 15.3. The molecule has 2 amide bonds. The number of hydrogen-bond acceptors (Lipinski definition) is 4. The molecule has 0 bridgehead atoms. The summed E-state index contributed by atoms with van der Waals surface area (Å²) in [5, 5.41) is 2.94. The quantitative estimate of drug-likeness (QED) is 0.524. The second-order valence-corrected chi connectivity index (χ2v) is 11.7. The Hall–Kier alpha value is -2.39. The minimum Gasteiger partial charge on any atom is -0.350 e. The van der Waals surface area contributed by atoms with Gasteiger partial charge in [-0.2, -0.15) is 0 Å². The maximum absolute atomic E-state index is 13.5. The maximum atomic E-state index is 13.5. The Balaban J connectivity index is 2.42. The summed E-state index contributed by atoms with van der Waals surface area (Å²) in [5.74, 6) is -0.730. The number of nitrogens with one attached hydrogen (secondary N) is 1. The van der Waals surface area contributed by atoms with Gasteiger partial charge in [0.2, 0.25) is 21.8 Å².